The van der Waals surface area contributed by atoms with Gasteiger partial charge in [0.2, 0.25) is 5.91 Å². The molecule has 2 aliphatic rings. The van der Waals surface area contributed by atoms with Gasteiger partial charge in [0.15, 0.2) is 5.75 Å². The number of nitrogens with one attached hydrogen (secondary N) is 2. The van der Waals surface area contributed by atoms with Gasteiger partial charge in [-0.15, -0.1) is 0 Å². The summed E-state index contributed by atoms with van der Waals surface area (Å²) in [5.41, 5.74) is 4.24. The molecule has 5 rings (SSSR count). The third kappa shape index (κ3) is 5.73. The van der Waals surface area contributed by atoms with Crippen LogP contribution in [0.25, 0.3) is 11.3 Å². The molecule has 0 unspecified atom stereocenters. The van der Waals surface area contributed by atoms with Crippen molar-refractivity contribution >= 4 is 34.9 Å². The van der Waals surface area contributed by atoms with Gasteiger partial charge in [0, 0.05) is 54.7 Å². The Labute approximate surface area is 250 Å². The van der Waals surface area contributed by atoms with Crippen LogP contribution in [0.4, 0.5) is 11.4 Å². The molecule has 1 fully saturated rings. The molecule has 3 aromatic rings. The number of amides is 1. The first-order chi connectivity index (χ1) is 20.1. The van der Waals surface area contributed by atoms with Crippen LogP contribution in [0.15, 0.2) is 48.8 Å². The number of halogens is 1. The number of cyclic esters (lactones) is 1. The fourth-order valence-corrected chi connectivity index (χ4v) is 5.53. The molecule has 1 atom stereocenters. The number of likely N-dealkylation sites (N-methyl/N-ethyl adjacent to an activating group) is 1. The lowest BCUT2D eigenvalue weighted by molar-refractivity contribution is -0.140. The van der Waals surface area contributed by atoms with E-state index < -0.39 is 5.97 Å². The zero-order valence-electron chi connectivity index (χ0n) is 24.4. The fraction of sp³-hybridized carbons (Fsp3) is 0.344. The highest BCUT2D eigenvalue weighted by Gasteiger charge is 2.46. The van der Waals surface area contributed by atoms with Crippen LogP contribution in [0.3, 0.4) is 0 Å². The Morgan fingerprint density at radius 3 is 2.90 bits per heavy atom. The number of likely N-dealkylation sites (tertiary alicyclic amines) is 1. The molecule has 1 saturated heterocycles. The average Bonchev–Trinajstić information content (AvgIpc) is 3.31. The maximum absolute atomic E-state index is 13.0. The Bertz CT molecular complexity index is 1610. The second-order valence-electron chi connectivity index (χ2n) is 11.3. The average molecular weight is 588 g/mol. The van der Waals surface area contributed by atoms with Crippen molar-refractivity contribution < 1.29 is 19.1 Å². The quantitative estimate of drug-likeness (QED) is 0.230. The number of carbonyl (C=O) groups is 2. The lowest BCUT2D eigenvalue weighted by Crippen LogP contribution is -2.62. The molecular formula is C32H34ClN5O4. The van der Waals surface area contributed by atoms with E-state index >= 15 is 0 Å². The number of fused-ring (bicyclic) bond motifs is 1. The van der Waals surface area contributed by atoms with E-state index in [1.165, 1.54) is 0 Å². The van der Waals surface area contributed by atoms with Gasteiger partial charge in [-0.3, -0.25) is 9.78 Å². The third-order valence-corrected chi connectivity index (χ3v) is 7.67. The first kappa shape index (κ1) is 29.2. The number of aromatic amines is 1. The number of methoxy groups -OCH3 is 1. The number of esters is 1. The predicted octanol–water partition coefficient (Wildman–Crippen LogP) is 4.90. The molecule has 42 heavy (non-hydrogen) atoms. The molecule has 0 radical (unpaired) electrons. The van der Waals surface area contributed by atoms with Crippen LogP contribution in [0, 0.1) is 17.3 Å². The Kier molecular flexibility index (Phi) is 8.30. The lowest BCUT2D eigenvalue weighted by Gasteiger charge is -2.51. The van der Waals surface area contributed by atoms with E-state index in [-0.39, 0.29) is 17.4 Å². The number of benzene rings is 1. The van der Waals surface area contributed by atoms with Crippen molar-refractivity contribution in [3.05, 3.63) is 70.7 Å². The van der Waals surface area contributed by atoms with Gasteiger partial charge >= 0.3 is 5.97 Å². The van der Waals surface area contributed by atoms with Crippen molar-refractivity contribution in [2.45, 2.75) is 26.3 Å². The highest BCUT2D eigenvalue weighted by Crippen LogP contribution is 2.42. The van der Waals surface area contributed by atoms with Crippen molar-refractivity contribution in [3.63, 3.8) is 0 Å². The molecule has 1 amide bonds. The van der Waals surface area contributed by atoms with Crippen LogP contribution >= 0.6 is 11.6 Å². The van der Waals surface area contributed by atoms with Crippen LogP contribution in [0.1, 0.15) is 35.5 Å². The van der Waals surface area contributed by atoms with Gasteiger partial charge in [-0.1, -0.05) is 49.4 Å². The first-order valence-corrected chi connectivity index (χ1v) is 14.1. The molecule has 2 aliphatic heterocycles. The SMILES string of the molecule is COc1c(Cl)cccc1Nc1c(-c2ccncc2C#C[C@@H]2N(C(=O)/C=C/CN(C)C)CC2(C)C)[nH]c2c1C(=O)OCC2. The van der Waals surface area contributed by atoms with Gasteiger partial charge in [0.05, 0.1) is 41.4 Å². The maximum atomic E-state index is 13.0. The predicted molar refractivity (Wildman–Crippen MR) is 163 cm³/mol. The standard InChI is InChI=1S/C32H34ClN5O4/c1-32(2)19-38(26(39)10-7-16-37(3)4)25(32)12-11-20-18-34-15-13-21(20)28-29(27-23(35-28)14-17-42-31(27)40)36-24-9-6-8-22(33)30(24)41-5/h6-10,13,15,18,25,35-36H,14,16-17,19H2,1-5H3/b10-7+/t25-/m0/s1. The summed E-state index contributed by atoms with van der Waals surface area (Å²) < 4.78 is 10.9. The second kappa shape index (κ2) is 11.9. The number of carbonyl (C=O) groups excluding carboxylic acids is 2. The van der Waals surface area contributed by atoms with Crippen molar-refractivity contribution in [2.24, 2.45) is 5.41 Å². The Hall–Kier alpha value is -4.26. The van der Waals surface area contributed by atoms with Gasteiger partial charge in [0.1, 0.15) is 11.6 Å². The van der Waals surface area contributed by atoms with Gasteiger partial charge in [-0.2, -0.15) is 0 Å². The monoisotopic (exact) mass is 587 g/mol. The summed E-state index contributed by atoms with van der Waals surface area (Å²) in [5.74, 6) is 6.61. The molecule has 0 bridgehead atoms. The number of pyridine rings is 1. The molecule has 0 aliphatic carbocycles. The molecular weight excluding hydrogens is 554 g/mol. The van der Waals surface area contributed by atoms with Crippen LogP contribution in [0.5, 0.6) is 5.75 Å². The number of anilines is 2. The van der Waals surface area contributed by atoms with Crippen LogP contribution < -0.4 is 10.1 Å². The van der Waals surface area contributed by atoms with Gasteiger partial charge in [-0.25, -0.2) is 4.79 Å². The maximum Gasteiger partial charge on any atom is 0.342 e. The Morgan fingerprint density at radius 1 is 1.36 bits per heavy atom. The number of ether oxygens (including phenoxy) is 2. The first-order valence-electron chi connectivity index (χ1n) is 13.7. The summed E-state index contributed by atoms with van der Waals surface area (Å²) in [4.78, 5) is 37.4. The van der Waals surface area contributed by atoms with Crippen molar-refractivity contribution in [1.82, 2.24) is 19.8 Å². The highest BCUT2D eigenvalue weighted by molar-refractivity contribution is 6.32. The zero-order valence-corrected chi connectivity index (χ0v) is 25.1. The van der Waals surface area contributed by atoms with E-state index in [4.69, 9.17) is 21.1 Å². The Balaban J connectivity index is 1.54. The highest BCUT2D eigenvalue weighted by atomic mass is 35.5. The number of rotatable bonds is 7. The summed E-state index contributed by atoms with van der Waals surface area (Å²) in [7, 11) is 5.45. The molecule has 0 saturated carbocycles. The Morgan fingerprint density at radius 2 is 2.17 bits per heavy atom. The van der Waals surface area contributed by atoms with E-state index in [0.717, 1.165) is 11.3 Å². The van der Waals surface area contributed by atoms with Crippen LogP contribution in [-0.2, 0) is 16.0 Å². The van der Waals surface area contributed by atoms with E-state index in [0.29, 0.717) is 65.1 Å². The summed E-state index contributed by atoms with van der Waals surface area (Å²) in [6, 6.07) is 6.95. The fourth-order valence-electron chi connectivity index (χ4n) is 5.28. The van der Waals surface area contributed by atoms with Gasteiger partial charge in [0.25, 0.3) is 0 Å². The molecule has 10 heteroatoms. The second-order valence-corrected chi connectivity index (χ2v) is 11.7. The molecule has 1 aromatic carbocycles. The normalized spacial score (nSPS) is 17.3. The molecule has 0 spiro atoms. The number of hydrogen-bond donors (Lipinski definition) is 2. The smallest absolute Gasteiger partial charge is 0.342 e. The minimum absolute atomic E-state index is 0.0561. The largest absolute Gasteiger partial charge is 0.493 e. The number of nitrogens with zero attached hydrogens (tertiary/aromatic N) is 3. The van der Waals surface area contributed by atoms with Crippen molar-refractivity contribution in [3.8, 4) is 28.8 Å². The minimum atomic E-state index is -0.420. The lowest BCUT2D eigenvalue weighted by atomic mass is 9.75. The number of H-pyrrole nitrogens is 1. The van der Waals surface area contributed by atoms with E-state index in [2.05, 4.69) is 41.0 Å². The molecule has 218 valence electrons. The number of aromatic nitrogens is 2. The number of para-hydroxylation sites is 1. The van der Waals surface area contributed by atoms with Crippen molar-refractivity contribution in [2.75, 3.05) is 46.2 Å². The topological polar surface area (TPSA) is 99.8 Å². The minimum Gasteiger partial charge on any atom is -0.493 e. The molecule has 2 aromatic heterocycles. The molecule has 9 nitrogen and oxygen atoms in total. The van der Waals surface area contributed by atoms with Crippen LogP contribution in [0.2, 0.25) is 5.02 Å². The van der Waals surface area contributed by atoms with Gasteiger partial charge in [-0.05, 0) is 32.3 Å². The van der Waals surface area contributed by atoms with Gasteiger partial charge < -0.3 is 29.6 Å². The molecule has 2 N–H and O–H groups in total. The summed E-state index contributed by atoms with van der Waals surface area (Å²) >= 11 is 6.39. The van der Waals surface area contributed by atoms with E-state index in [1.54, 1.807) is 42.6 Å². The van der Waals surface area contributed by atoms with Crippen LogP contribution in [-0.4, -0.2) is 78.6 Å². The van der Waals surface area contributed by atoms with E-state index in [1.807, 2.05) is 37.2 Å². The molecule has 4 heterocycles. The number of hydrogen-bond acceptors (Lipinski definition) is 7. The van der Waals surface area contributed by atoms with Crippen molar-refractivity contribution in [1.29, 1.82) is 0 Å². The summed E-state index contributed by atoms with van der Waals surface area (Å²) in [6.45, 7) is 5.81. The summed E-state index contributed by atoms with van der Waals surface area (Å²) in [5, 5.41) is 3.81. The summed E-state index contributed by atoms with van der Waals surface area (Å²) in [6.07, 6.45) is 7.39. The third-order valence-electron chi connectivity index (χ3n) is 7.38. The van der Waals surface area contributed by atoms with E-state index in [9.17, 15) is 9.59 Å². The zero-order chi connectivity index (χ0) is 30.0.